The van der Waals surface area contributed by atoms with E-state index in [-0.39, 0.29) is 50.2 Å². The monoisotopic (exact) mass is 1100 g/mol. The van der Waals surface area contributed by atoms with Crippen molar-refractivity contribution in [3.05, 3.63) is 209 Å². The third-order valence-corrected chi connectivity index (χ3v) is 14.2. The van der Waals surface area contributed by atoms with Gasteiger partial charge >= 0.3 is 0 Å². The predicted octanol–water partition coefficient (Wildman–Crippen LogP) is 17.8. The van der Waals surface area contributed by atoms with Crippen molar-refractivity contribution in [3.63, 3.8) is 0 Å². The molecule has 0 saturated heterocycles. The van der Waals surface area contributed by atoms with Crippen LogP contribution in [0.25, 0.3) is 45.0 Å². The van der Waals surface area contributed by atoms with Crippen LogP contribution in [0.1, 0.15) is 235 Å². The Labute approximate surface area is 533 Å². The van der Waals surface area contributed by atoms with Crippen LogP contribution in [-0.4, -0.2) is 0 Å². The van der Waals surface area contributed by atoms with E-state index in [0.29, 0.717) is 55.8 Å². The van der Waals surface area contributed by atoms with Gasteiger partial charge in [0.05, 0.1) is 0 Å². The normalized spacial score (nSPS) is 22.8. The molecule has 0 fully saturated rings. The average molecular weight is 1100 g/mol. The summed E-state index contributed by atoms with van der Waals surface area (Å²) in [6.07, 6.45) is 6.08. The van der Waals surface area contributed by atoms with Crippen molar-refractivity contribution >= 4 is 0 Å². The number of aromatic nitrogens is 4. The Kier molecular flexibility index (Phi) is 9.69. The number of nitrogens with zero attached hydrogens (tertiary/aromatic N) is 4. The Morgan fingerprint density at radius 1 is 0.342 bits per heavy atom. The Morgan fingerprint density at radius 3 is 1.32 bits per heavy atom. The summed E-state index contributed by atoms with van der Waals surface area (Å²) in [5.41, 5.74) is 10.6. The molecule has 0 aliphatic carbocycles. The van der Waals surface area contributed by atoms with Crippen LogP contribution in [0.5, 0.6) is 0 Å². The summed E-state index contributed by atoms with van der Waals surface area (Å²) in [6, 6.07) is 20.3. The number of hydrogen-bond donors (Lipinski definition) is 0. The zero-order valence-electron chi connectivity index (χ0n) is 85.6. The Morgan fingerprint density at radius 2 is 0.797 bits per heavy atom. The summed E-state index contributed by atoms with van der Waals surface area (Å²) < 4.78 is 296. The lowest BCUT2D eigenvalue weighted by atomic mass is 9.90. The molecule has 0 radical (unpaired) electrons. The maximum Gasteiger partial charge on any atom is 0.215 e. The van der Waals surface area contributed by atoms with Crippen molar-refractivity contribution in [3.8, 4) is 45.0 Å². The van der Waals surface area contributed by atoms with Crippen molar-refractivity contribution in [2.75, 3.05) is 0 Å². The molecule has 4 aromatic carbocycles. The molecule has 0 spiro atoms. The smallest absolute Gasteiger partial charge is 0.201 e. The van der Waals surface area contributed by atoms with Crippen LogP contribution < -0.4 is 18.3 Å². The molecule has 4 nitrogen and oxygen atoms in total. The number of pyridine rings is 4. The van der Waals surface area contributed by atoms with E-state index in [0.717, 1.165) is 58.6 Å². The van der Waals surface area contributed by atoms with Gasteiger partial charge in [-0.1, -0.05) is 91.0 Å². The molecule has 8 aromatic rings. The molecule has 0 amide bonds. The largest absolute Gasteiger partial charge is 0.215 e. The minimum Gasteiger partial charge on any atom is -0.201 e. The number of benzene rings is 4. The molecule has 4 heteroatoms. The molecule has 79 heavy (non-hydrogen) atoms. The van der Waals surface area contributed by atoms with Crippen molar-refractivity contribution in [1.29, 1.82) is 0 Å². The minimum atomic E-state index is -2.88. The molecule has 0 N–H and O–H groups in total. The van der Waals surface area contributed by atoms with E-state index >= 15 is 0 Å². The maximum absolute atomic E-state index is 8.56. The zero-order chi connectivity index (χ0) is 90.4. The van der Waals surface area contributed by atoms with E-state index in [9.17, 15) is 0 Å². The summed E-state index contributed by atoms with van der Waals surface area (Å²) in [5.74, 6) is -8.50. The molecule has 8 rings (SSSR count). The van der Waals surface area contributed by atoms with Crippen LogP contribution >= 0.6 is 0 Å². The standard InChI is InChI=1S/C21H30N.C19H26N.C18H24N.C17H22N/c1-13(2)18-10-20(16(6)9-15(18)5)21-11-19(14(3)4)17(7)12-22(21)8;1-12(2)17-10-18(15(5)8-14(17)4)19-9-13(3)16(6)11-20(19)7;1-12(2)16-7-8-19(6)18(11-16)17-10-14(4)13(3)9-15(17)5;1-11-7-8-16(12(2)9-11)17-15(5)14(4)13(3)10-18(17)6/h9-14H,1-8H3;8-12H,1-7H3;7-12H,1-6H3;7-10H,1-6H3/q4*+1/i1D3,3D3,5D3,7D3,13D,14D;1D3,4D3,6D3,12D;1D3,3D3,12D;1D3,3D3. The summed E-state index contributed by atoms with van der Waals surface area (Å²) in [5, 5.41) is 0. The van der Waals surface area contributed by atoms with Gasteiger partial charge in [-0.15, -0.1) is 0 Å². The van der Waals surface area contributed by atoms with Gasteiger partial charge in [-0.2, -0.15) is 0 Å². The van der Waals surface area contributed by atoms with Crippen molar-refractivity contribution in [2.24, 2.45) is 28.2 Å². The van der Waals surface area contributed by atoms with Gasteiger partial charge in [0, 0.05) is 119 Å². The molecule has 4 unspecified atom stereocenters. The number of hydrogen-bond acceptors (Lipinski definition) is 0. The third kappa shape index (κ3) is 15.0. The van der Waals surface area contributed by atoms with E-state index in [2.05, 4.69) is 0 Å². The van der Waals surface area contributed by atoms with Gasteiger partial charge in [-0.05, 0) is 229 Å². The van der Waals surface area contributed by atoms with E-state index in [4.69, 9.17) is 50.7 Å². The molecule has 418 valence electrons. The SMILES string of the molecule is [2H]C([2H])([2H])c1c[n+](C)c(-c2cc(C([2H])(C)C([2H])([2H])[2H])c(C([2H])([2H])[2H])cc2C)cc1C.[2H]C([2H])([2H])c1cc(C)c(-c2cc(C([2H])(C)C([2H])([2H])[2H])c(C([2H])([2H])[2H])c[n+]2C)cc1C([2H])(C)C([2H])([2H])[2H].[2H]C([2H])([2H])c1cc(C)c(-c2cc(C([2H])(C)C([2H])([2H])[2H])cc[n+]2C)cc1C.[2H]C([2H])([2H])c1ccc(-c2c(C)c(C)c(C([2H])([2H])[2H])c[n+]2C)c(C)c1. The van der Waals surface area contributed by atoms with Gasteiger partial charge in [0.15, 0.2) is 24.8 Å². The van der Waals surface area contributed by atoms with Crippen molar-refractivity contribution in [2.45, 2.75) is 182 Å². The lowest BCUT2D eigenvalue weighted by Crippen LogP contribution is -2.33. The quantitative estimate of drug-likeness (QED) is 0.135. The molecule has 4 heterocycles. The fourth-order valence-corrected chi connectivity index (χ4v) is 9.32. The van der Waals surface area contributed by atoms with Crippen LogP contribution in [0.4, 0.5) is 0 Å². The minimum absolute atomic E-state index is 0.0966. The Bertz CT molecular complexity index is 4870. The first-order valence-electron chi connectivity index (χ1n) is 44.1. The summed E-state index contributed by atoms with van der Waals surface area (Å²) >= 11 is 0. The summed E-state index contributed by atoms with van der Waals surface area (Å²) in [6.45, 7) is -8.86. The van der Waals surface area contributed by atoms with Gasteiger partial charge < -0.3 is 0 Å². The Hall–Kier alpha value is -6.52. The first-order chi connectivity index (χ1) is 51.5. The Balaban J connectivity index is 0.000000279. The van der Waals surface area contributed by atoms with Gasteiger partial charge in [-0.3, -0.25) is 0 Å². The van der Waals surface area contributed by atoms with Crippen LogP contribution in [0.2, 0.25) is 0 Å². The van der Waals surface area contributed by atoms with Crippen molar-refractivity contribution < 1.29 is 69.0 Å². The molecule has 0 saturated carbocycles. The molecule has 4 atom stereocenters. The lowest BCUT2D eigenvalue weighted by molar-refractivity contribution is -0.661. The van der Waals surface area contributed by atoms with E-state index < -0.39 is 98.9 Å². The van der Waals surface area contributed by atoms with Gasteiger partial charge in [0.1, 0.15) is 28.2 Å². The molecule has 4 aromatic heterocycles. The van der Waals surface area contributed by atoms with Crippen LogP contribution in [-0.2, 0) is 28.2 Å². The number of rotatable bonds is 8. The molecular formula is C75H102N4+4. The van der Waals surface area contributed by atoms with Crippen LogP contribution in [0.15, 0.2) is 104 Å². The third-order valence-electron chi connectivity index (χ3n) is 14.2. The number of aryl methyl sites for hydroxylation is 17. The molecule has 0 aliphatic heterocycles. The van der Waals surface area contributed by atoms with Gasteiger partial charge in [0.2, 0.25) is 22.8 Å². The van der Waals surface area contributed by atoms with Gasteiger partial charge in [0.25, 0.3) is 0 Å². The fourth-order valence-electron chi connectivity index (χ4n) is 9.32. The topological polar surface area (TPSA) is 15.5 Å². The first-order valence-corrected chi connectivity index (χ1v) is 25.6. The zero-order valence-corrected chi connectivity index (χ0v) is 48.6. The first kappa shape index (κ1) is 28.8. The predicted molar refractivity (Wildman–Crippen MR) is 340 cm³/mol. The van der Waals surface area contributed by atoms with Crippen LogP contribution in [0.3, 0.4) is 0 Å². The highest BCUT2D eigenvalue weighted by Crippen LogP contribution is 2.33. The fraction of sp³-hybridized carbons (Fsp3) is 0.413. The summed E-state index contributed by atoms with van der Waals surface area (Å²) in [4.78, 5) is 0. The molecular weight excluding hydrogens is 957 g/mol. The van der Waals surface area contributed by atoms with E-state index in [1.807, 2.05) is 52.4 Å². The summed E-state index contributed by atoms with van der Waals surface area (Å²) in [7, 11) is 6.83. The highest BCUT2D eigenvalue weighted by Gasteiger charge is 2.22. The second-order valence-electron chi connectivity index (χ2n) is 20.6. The highest BCUT2D eigenvalue weighted by molar-refractivity contribution is 5.68. The second kappa shape index (κ2) is 26.6. The lowest BCUT2D eigenvalue weighted by Gasteiger charge is -2.16. The molecule has 0 bridgehead atoms. The van der Waals surface area contributed by atoms with Gasteiger partial charge in [-0.25, -0.2) is 18.3 Å². The molecule has 0 aliphatic rings. The van der Waals surface area contributed by atoms with Crippen molar-refractivity contribution in [1.82, 2.24) is 0 Å². The second-order valence-corrected chi connectivity index (χ2v) is 20.6. The average Bonchev–Trinajstić information content (AvgIpc) is 0.740. The van der Waals surface area contributed by atoms with E-state index in [1.54, 1.807) is 98.7 Å². The highest BCUT2D eigenvalue weighted by atomic mass is 14.9. The maximum atomic E-state index is 8.56. The van der Waals surface area contributed by atoms with Crippen LogP contribution in [0, 0.1) is 103 Å². The van der Waals surface area contributed by atoms with E-state index in [1.165, 1.54) is 68.2 Å².